The van der Waals surface area contributed by atoms with Gasteiger partial charge in [0.15, 0.2) is 0 Å². The Kier molecular flexibility index (Phi) is 3.35. The second-order valence-corrected chi connectivity index (χ2v) is 4.53. The summed E-state index contributed by atoms with van der Waals surface area (Å²) in [5.41, 5.74) is 2.80. The van der Waals surface area contributed by atoms with Crippen molar-refractivity contribution in [1.82, 2.24) is 19.7 Å². The van der Waals surface area contributed by atoms with Crippen LogP contribution in [-0.4, -0.2) is 26.9 Å². The second-order valence-electron chi connectivity index (χ2n) is 4.13. The summed E-state index contributed by atoms with van der Waals surface area (Å²) in [4.78, 5) is 4.08. The lowest BCUT2D eigenvalue weighted by molar-refractivity contribution is 0.398. The number of hydrogen-bond donors (Lipinski definition) is 0. The molecule has 3 rings (SSSR count). The molecule has 20 heavy (non-hydrogen) atoms. The summed E-state index contributed by atoms with van der Waals surface area (Å²) in [6.07, 6.45) is 4.88. The number of methoxy groups -OCH3 is 1. The summed E-state index contributed by atoms with van der Waals surface area (Å²) in [6.45, 7) is 0. The van der Waals surface area contributed by atoms with Gasteiger partial charge in [-0.05, 0) is 17.7 Å². The summed E-state index contributed by atoms with van der Waals surface area (Å²) in [7, 11) is 1.58. The topological polar surface area (TPSA) is 52.8 Å². The Balaban J connectivity index is 2.09. The zero-order valence-electron chi connectivity index (χ0n) is 10.7. The summed E-state index contributed by atoms with van der Waals surface area (Å²) in [5.74, 6) is 0.527. The molecule has 1 aromatic carbocycles. The summed E-state index contributed by atoms with van der Waals surface area (Å²) in [6, 6.07) is 9.72. The maximum Gasteiger partial charge on any atom is 0.213 e. The Labute approximate surface area is 120 Å². The molecule has 2 heterocycles. The third-order valence-corrected chi connectivity index (χ3v) is 3.21. The number of aromatic nitrogens is 4. The molecule has 0 bridgehead atoms. The highest BCUT2D eigenvalue weighted by molar-refractivity contribution is 6.33. The van der Waals surface area contributed by atoms with Crippen molar-refractivity contribution in [2.45, 2.75) is 0 Å². The van der Waals surface area contributed by atoms with E-state index in [4.69, 9.17) is 16.3 Å². The Morgan fingerprint density at radius 1 is 1.15 bits per heavy atom. The number of benzene rings is 1. The summed E-state index contributed by atoms with van der Waals surface area (Å²) < 4.78 is 6.97. The second kappa shape index (κ2) is 5.30. The number of nitrogens with zero attached hydrogens (tertiary/aromatic N) is 4. The molecule has 100 valence electrons. The maximum absolute atomic E-state index is 6.22. The predicted molar refractivity (Wildman–Crippen MR) is 76.2 cm³/mol. The van der Waals surface area contributed by atoms with E-state index in [1.54, 1.807) is 26.0 Å². The highest BCUT2D eigenvalue weighted by Crippen LogP contribution is 2.30. The number of pyridine rings is 1. The highest BCUT2D eigenvalue weighted by Gasteiger charge is 2.07. The third kappa shape index (κ3) is 2.35. The quantitative estimate of drug-likeness (QED) is 0.743. The molecule has 0 aliphatic carbocycles. The van der Waals surface area contributed by atoms with Gasteiger partial charge >= 0.3 is 0 Å². The molecule has 0 radical (unpaired) electrons. The minimum atomic E-state index is 0.527. The number of ether oxygens (including phenoxy) is 1. The first kappa shape index (κ1) is 12.6. The normalized spacial score (nSPS) is 10.5. The molecule has 0 atom stereocenters. The van der Waals surface area contributed by atoms with Crippen LogP contribution in [-0.2, 0) is 0 Å². The molecule has 0 N–H and O–H groups in total. The molecular weight excluding hydrogens is 276 g/mol. The predicted octanol–water partition coefficient (Wildman–Crippen LogP) is 2.99. The van der Waals surface area contributed by atoms with Gasteiger partial charge in [-0.15, -0.1) is 10.2 Å². The smallest absolute Gasteiger partial charge is 0.213 e. The van der Waals surface area contributed by atoms with Gasteiger partial charge in [0.1, 0.15) is 12.7 Å². The Bertz CT molecular complexity index is 728. The fourth-order valence-electron chi connectivity index (χ4n) is 1.92. The minimum absolute atomic E-state index is 0.527. The molecule has 5 nitrogen and oxygen atoms in total. The fourth-order valence-corrected chi connectivity index (χ4v) is 2.13. The molecule has 0 aliphatic heterocycles. The van der Waals surface area contributed by atoms with E-state index in [0.29, 0.717) is 10.9 Å². The molecule has 0 aliphatic rings. The fraction of sp³-hybridized carbons (Fsp3) is 0.0714. The van der Waals surface area contributed by atoms with Crippen molar-refractivity contribution in [2.24, 2.45) is 0 Å². The molecule has 0 saturated heterocycles. The summed E-state index contributed by atoms with van der Waals surface area (Å²) >= 11 is 6.22. The zero-order chi connectivity index (χ0) is 13.9. The Morgan fingerprint density at radius 3 is 2.70 bits per heavy atom. The SMILES string of the molecule is COc1cc(-c2cccc(-n3cnnc3)c2)c(Cl)cn1. The van der Waals surface area contributed by atoms with Crippen molar-refractivity contribution in [1.29, 1.82) is 0 Å². The van der Waals surface area contributed by atoms with Crippen molar-refractivity contribution in [2.75, 3.05) is 7.11 Å². The average molecular weight is 287 g/mol. The first-order valence-corrected chi connectivity index (χ1v) is 6.30. The van der Waals surface area contributed by atoms with Crippen LogP contribution in [0.25, 0.3) is 16.8 Å². The van der Waals surface area contributed by atoms with E-state index in [9.17, 15) is 0 Å². The lowest BCUT2D eigenvalue weighted by Crippen LogP contribution is -1.92. The van der Waals surface area contributed by atoms with Crippen LogP contribution in [0.2, 0.25) is 5.02 Å². The number of halogens is 1. The standard InChI is InChI=1S/C14H11ClN4O/c1-20-14-6-12(13(15)7-16-14)10-3-2-4-11(5-10)19-8-17-18-9-19/h2-9H,1H3. The maximum atomic E-state index is 6.22. The van der Waals surface area contributed by atoms with E-state index >= 15 is 0 Å². The Morgan fingerprint density at radius 2 is 1.95 bits per heavy atom. The van der Waals surface area contributed by atoms with E-state index in [1.165, 1.54) is 0 Å². The summed E-state index contributed by atoms with van der Waals surface area (Å²) in [5, 5.41) is 8.18. The van der Waals surface area contributed by atoms with Gasteiger partial charge in [0.25, 0.3) is 0 Å². The lowest BCUT2D eigenvalue weighted by Gasteiger charge is -2.08. The average Bonchev–Trinajstić information content (AvgIpc) is 3.02. The van der Waals surface area contributed by atoms with Gasteiger partial charge in [-0.1, -0.05) is 23.7 Å². The van der Waals surface area contributed by atoms with Gasteiger partial charge in [-0.25, -0.2) is 4.98 Å². The molecule has 3 aromatic rings. The van der Waals surface area contributed by atoms with E-state index in [-0.39, 0.29) is 0 Å². The van der Waals surface area contributed by atoms with Crippen LogP contribution in [0.15, 0.2) is 49.2 Å². The van der Waals surface area contributed by atoms with Gasteiger partial charge in [-0.2, -0.15) is 0 Å². The Hall–Kier alpha value is -2.40. The van der Waals surface area contributed by atoms with Gasteiger partial charge in [0.05, 0.1) is 18.3 Å². The van der Waals surface area contributed by atoms with Crippen LogP contribution in [0.3, 0.4) is 0 Å². The largest absolute Gasteiger partial charge is 0.481 e. The number of rotatable bonds is 3. The minimum Gasteiger partial charge on any atom is -0.481 e. The number of hydrogen-bond acceptors (Lipinski definition) is 4. The molecule has 0 unspecified atom stereocenters. The third-order valence-electron chi connectivity index (χ3n) is 2.91. The van der Waals surface area contributed by atoms with Crippen LogP contribution < -0.4 is 4.74 Å². The van der Waals surface area contributed by atoms with Crippen molar-refractivity contribution < 1.29 is 4.74 Å². The van der Waals surface area contributed by atoms with E-state index < -0.39 is 0 Å². The van der Waals surface area contributed by atoms with Crippen molar-refractivity contribution in [3.05, 3.63) is 54.2 Å². The van der Waals surface area contributed by atoms with E-state index in [2.05, 4.69) is 15.2 Å². The molecule has 6 heteroatoms. The van der Waals surface area contributed by atoms with Crippen LogP contribution in [0.4, 0.5) is 0 Å². The molecule has 0 amide bonds. The molecule has 0 saturated carbocycles. The molecule has 0 fully saturated rings. The van der Waals surface area contributed by atoms with E-state index in [1.807, 2.05) is 34.9 Å². The zero-order valence-corrected chi connectivity index (χ0v) is 11.4. The van der Waals surface area contributed by atoms with Gasteiger partial charge < -0.3 is 4.74 Å². The van der Waals surface area contributed by atoms with Crippen molar-refractivity contribution in [3.8, 4) is 22.7 Å². The first-order valence-electron chi connectivity index (χ1n) is 5.93. The van der Waals surface area contributed by atoms with Gasteiger partial charge in [-0.3, -0.25) is 4.57 Å². The lowest BCUT2D eigenvalue weighted by atomic mass is 10.1. The van der Waals surface area contributed by atoms with Crippen LogP contribution in [0, 0.1) is 0 Å². The highest BCUT2D eigenvalue weighted by atomic mass is 35.5. The van der Waals surface area contributed by atoms with E-state index in [0.717, 1.165) is 16.8 Å². The van der Waals surface area contributed by atoms with Crippen molar-refractivity contribution >= 4 is 11.6 Å². The van der Waals surface area contributed by atoms with Crippen molar-refractivity contribution in [3.63, 3.8) is 0 Å². The van der Waals surface area contributed by atoms with Crippen LogP contribution >= 0.6 is 11.6 Å². The van der Waals surface area contributed by atoms with Crippen LogP contribution in [0.1, 0.15) is 0 Å². The van der Waals surface area contributed by atoms with Gasteiger partial charge in [0, 0.05) is 17.3 Å². The monoisotopic (exact) mass is 286 g/mol. The first-order chi connectivity index (χ1) is 9.78. The van der Waals surface area contributed by atoms with Crippen LogP contribution in [0.5, 0.6) is 5.88 Å². The molecule has 0 spiro atoms. The molecule has 2 aromatic heterocycles. The molecular formula is C14H11ClN4O. The van der Waals surface area contributed by atoms with Gasteiger partial charge in [0.2, 0.25) is 5.88 Å².